The largest absolute Gasteiger partial charge is 0.338 e. The minimum atomic E-state index is -0.265. The van der Waals surface area contributed by atoms with Gasteiger partial charge < -0.3 is 10.3 Å². The molecule has 0 saturated heterocycles. The Balaban J connectivity index is 2.11. The van der Waals surface area contributed by atoms with Crippen molar-refractivity contribution < 1.29 is 4.52 Å². The van der Waals surface area contributed by atoms with Crippen molar-refractivity contribution in [3.8, 4) is 0 Å². The molecule has 0 spiro atoms. The van der Waals surface area contributed by atoms with Crippen molar-refractivity contribution in [2.24, 2.45) is 11.1 Å². The van der Waals surface area contributed by atoms with Gasteiger partial charge in [-0.25, -0.2) is 0 Å². The second kappa shape index (κ2) is 5.31. The van der Waals surface area contributed by atoms with Crippen molar-refractivity contribution in [1.82, 2.24) is 10.1 Å². The second-order valence-electron chi connectivity index (χ2n) is 5.70. The molecule has 0 aliphatic heterocycles. The van der Waals surface area contributed by atoms with Crippen molar-refractivity contribution in [3.63, 3.8) is 0 Å². The lowest BCUT2D eigenvalue weighted by molar-refractivity contribution is 0.252. The van der Waals surface area contributed by atoms with Crippen LogP contribution >= 0.6 is 11.6 Å². The molecule has 4 nitrogen and oxygen atoms in total. The zero-order valence-corrected chi connectivity index (χ0v) is 12.1. The standard InChI is InChI=1S/C14H18ClN3O/c1-14(2,3)12(16)13-17-11(18-19-13)8-9-4-6-10(15)7-5-9/h4-7,12H,8,16H2,1-3H3. The van der Waals surface area contributed by atoms with Gasteiger partial charge in [0.25, 0.3) is 0 Å². The van der Waals surface area contributed by atoms with E-state index in [0.717, 1.165) is 5.56 Å². The Kier molecular flexibility index (Phi) is 3.92. The van der Waals surface area contributed by atoms with Crippen LogP contribution in [0.1, 0.15) is 44.1 Å². The van der Waals surface area contributed by atoms with Crippen LogP contribution in [0.2, 0.25) is 5.02 Å². The third-order valence-corrected chi connectivity index (χ3v) is 3.21. The SMILES string of the molecule is CC(C)(C)C(N)c1nc(Cc2ccc(Cl)cc2)no1. The Morgan fingerprint density at radius 2 is 1.89 bits per heavy atom. The minimum absolute atomic E-state index is 0.107. The molecule has 1 heterocycles. The van der Waals surface area contributed by atoms with Crippen molar-refractivity contribution >= 4 is 11.6 Å². The lowest BCUT2D eigenvalue weighted by Gasteiger charge is -2.23. The van der Waals surface area contributed by atoms with Crippen molar-refractivity contribution in [3.05, 3.63) is 46.6 Å². The summed E-state index contributed by atoms with van der Waals surface area (Å²) in [5.41, 5.74) is 7.06. The number of aromatic nitrogens is 2. The van der Waals surface area contributed by atoms with E-state index in [0.29, 0.717) is 23.2 Å². The van der Waals surface area contributed by atoms with E-state index in [-0.39, 0.29) is 11.5 Å². The molecule has 0 aliphatic rings. The lowest BCUT2D eigenvalue weighted by atomic mass is 9.87. The summed E-state index contributed by atoms with van der Waals surface area (Å²) in [6, 6.07) is 7.32. The van der Waals surface area contributed by atoms with E-state index in [2.05, 4.69) is 10.1 Å². The summed E-state index contributed by atoms with van der Waals surface area (Å²) in [4.78, 5) is 4.36. The van der Waals surface area contributed by atoms with Gasteiger partial charge in [-0.15, -0.1) is 0 Å². The number of rotatable bonds is 3. The number of benzene rings is 1. The van der Waals surface area contributed by atoms with Crippen LogP contribution in [0.25, 0.3) is 0 Å². The highest BCUT2D eigenvalue weighted by atomic mass is 35.5. The van der Waals surface area contributed by atoms with Gasteiger partial charge in [0.15, 0.2) is 5.82 Å². The zero-order chi connectivity index (χ0) is 14.0. The molecule has 2 rings (SSSR count). The molecule has 0 radical (unpaired) electrons. The smallest absolute Gasteiger partial charge is 0.244 e. The third-order valence-electron chi connectivity index (χ3n) is 2.96. The molecule has 0 aliphatic carbocycles. The summed E-state index contributed by atoms with van der Waals surface area (Å²) in [6.07, 6.45) is 0.609. The molecular weight excluding hydrogens is 262 g/mol. The first-order valence-corrected chi connectivity index (χ1v) is 6.56. The van der Waals surface area contributed by atoms with Crippen LogP contribution in [0.5, 0.6) is 0 Å². The molecule has 1 aromatic carbocycles. The number of hydrogen-bond acceptors (Lipinski definition) is 4. The fraction of sp³-hybridized carbons (Fsp3) is 0.429. The van der Waals surface area contributed by atoms with Gasteiger partial charge >= 0.3 is 0 Å². The Bertz CT molecular complexity index is 543. The fourth-order valence-electron chi connectivity index (χ4n) is 1.62. The predicted molar refractivity (Wildman–Crippen MR) is 74.9 cm³/mol. The maximum Gasteiger partial charge on any atom is 0.244 e. The predicted octanol–water partition coefficient (Wildman–Crippen LogP) is 3.36. The molecule has 1 aromatic heterocycles. The molecule has 19 heavy (non-hydrogen) atoms. The highest BCUT2D eigenvalue weighted by Crippen LogP contribution is 2.29. The van der Waals surface area contributed by atoms with Crippen LogP contribution in [0.15, 0.2) is 28.8 Å². The zero-order valence-electron chi connectivity index (χ0n) is 11.4. The highest BCUT2D eigenvalue weighted by Gasteiger charge is 2.27. The monoisotopic (exact) mass is 279 g/mol. The van der Waals surface area contributed by atoms with Gasteiger partial charge in [-0.2, -0.15) is 4.98 Å². The molecule has 5 heteroatoms. The Morgan fingerprint density at radius 1 is 1.26 bits per heavy atom. The van der Waals surface area contributed by atoms with E-state index in [1.165, 1.54) is 0 Å². The van der Waals surface area contributed by atoms with E-state index >= 15 is 0 Å². The van der Waals surface area contributed by atoms with Crippen molar-refractivity contribution in [2.45, 2.75) is 33.2 Å². The van der Waals surface area contributed by atoms with Crippen LogP contribution < -0.4 is 5.73 Å². The van der Waals surface area contributed by atoms with Crippen LogP contribution in [-0.4, -0.2) is 10.1 Å². The Morgan fingerprint density at radius 3 is 2.47 bits per heavy atom. The van der Waals surface area contributed by atoms with Crippen LogP contribution in [0.3, 0.4) is 0 Å². The highest BCUT2D eigenvalue weighted by molar-refractivity contribution is 6.30. The van der Waals surface area contributed by atoms with Gasteiger partial charge in [0.2, 0.25) is 5.89 Å². The molecule has 0 fully saturated rings. The number of hydrogen-bond donors (Lipinski definition) is 1. The normalized spacial score (nSPS) is 13.5. The molecule has 1 unspecified atom stereocenters. The number of nitrogens with two attached hydrogens (primary N) is 1. The first-order chi connectivity index (χ1) is 8.86. The van der Waals surface area contributed by atoms with Gasteiger partial charge in [-0.05, 0) is 23.1 Å². The van der Waals surface area contributed by atoms with E-state index in [1.807, 2.05) is 45.0 Å². The van der Waals surface area contributed by atoms with E-state index in [1.54, 1.807) is 0 Å². The summed E-state index contributed by atoms with van der Waals surface area (Å²) in [5, 5.41) is 4.68. The van der Waals surface area contributed by atoms with E-state index < -0.39 is 0 Å². The van der Waals surface area contributed by atoms with Gasteiger partial charge in [-0.1, -0.05) is 49.7 Å². The Labute approximate surface area is 118 Å². The van der Waals surface area contributed by atoms with Crippen LogP contribution in [0.4, 0.5) is 0 Å². The minimum Gasteiger partial charge on any atom is -0.338 e. The van der Waals surface area contributed by atoms with Crippen LogP contribution in [-0.2, 0) is 6.42 Å². The quantitative estimate of drug-likeness (QED) is 0.936. The van der Waals surface area contributed by atoms with Gasteiger partial charge in [0.05, 0.1) is 6.04 Å². The number of nitrogens with zero attached hydrogens (tertiary/aromatic N) is 2. The third kappa shape index (κ3) is 3.55. The summed E-state index contributed by atoms with van der Waals surface area (Å²) in [5.74, 6) is 1.12. The van der Waals surface area contributed by atoms with Crippen LogP contribution in [0, 0.1) is 5.41 Å². The summed E-state index contributed by atoms with van der Waals surface area (Å²) < 4.78 is 5.24. The molecule has 0 amide bonds. The Hall–Kier alpha value is -1.39. The maximum atomic E-state index is 6.08. The molecule has 2 N–H and O–H groups in total. The summed E-state index contributed by atoms with van der Waals surface area (Å²) in [7, 11) is 0. The van der Waals surface area contributed by atoms with Gasteiger partial charge in [0, 0.05) is 11.4 Å². The fourth-order valence-corrected chi connectivity index (χ4v) is 1.75. The average molecular weight is 280 g/mol. The number of halogens is 1. The molecule has 1 atom stereocenters. The van der Waals surface area contributed by atoms with E-state index in [9.17, 15) is 0 Å². The van der Waals surface area contributed by atoms with Gasteiger partial charge in [-0.3, -0.25) is 0 Å². The molecular formula is C14H18ClN3O. The molecule has 0 saturated carbocycles. The topological polar surface area (TPSA) is 64.9 Å². The first kappa shape index (κ1) is 14.0. The molecule has 2 aromatic rings. The van der Waals surface area contributed by atoms with Crippen molar-refractivity contribution in [2.75, 3.05) is 0 Å². The summed E-state index contributed by atoms with van der Waals surface area (Å²) >= 11 is 5.84. The summed E-state index contributed by atoms with van der Waals surface area (Å²) in [6.45, 7) is 6.13. The lowest BCUT2D eigenvalue weighted by Crippen LogP contribution is -2.26. The average Bonchev–Trinajstić information content (AvgIpc) is 2.78. The maximum absolute atomic E-state index is 6.08. The molecule has 102 valence electrons. The van der Waals surface area contributed by atoms with Gasteiger partial charge in [0.1, 0.15) is 0 Å². The van der Waals surface area contributed by atoms with Crippen molar-refractivity contribution in [1.29, 1.82) is 0 Å². The first-order valence-electron chi connectivity index (χ1n) is 6.19. The second-order valence-corrected chi connectivity index (χ2v) is 6.13. The molecule has 0 bridgehead atoms. The van der Waals surface area contributed by atoms with E-state index in [4.69, 9.17) is 21.9 Å².